The van der Waals surface area contributed by atoms with Gasteiger partial charge in [0.1, 0.15) is 0 Å². The van der Waals surface area contributed by atoms with Crippen LogP contribution in [0.4, 0.5) is 0 Å². The van der Waals surface area contributed by atoms with E-state index in [1.807, 2.05) is 0 Å². The van der Waals surface area contributed by atoms with Gasteiger partial charge in [-0.25, -0.2) is 8.42 Å². The summed E-state index contributed by atoms with van der Waals surface area (Å²) in [5.74, 6) is 0.00776. The molecule has 1 saturated carbocycles. The molecule has 0 aromatic carbocycles. The molecule has 5 nitrogen and oxygen atoms in total. The minimum Gasteiger partial charge on any atom is -0.352 e. The van der Waals surface area contributed by atoms with E-state index < -0.39 is 14.6 Å². The molecule has 0 radical (unpaired) electrons. The van der Waals surface area contributed by atoms with Crippen molar-refractivity contribution in [2.75, 3.05) is 18.8 Å². The first-order chi connectivity index (χ1) is 7.72. The fraction of sp³-hybridized carbons (Fsp3) is 0.909. The van der Waals surface area contributed by atoms with Crippen LogP contribution < -0.4 is 10.6 Å². The summed E-state index contributed by atoms with van der Waals surface area (Å²) in [6, 6.07) is 0.350. The lowest BCUT2D eigenvalue weighted by Gasteiger charge is -2.19. The lowest BCUT2D eigenvalue weighted by molar-refractivity contribution is -0.120. The average Bonchev–Trinajstić information content (AvgIpc) is 2.94. The van der Waals surface area contributed by atoms with Crippen LogP contribution in [0.1, 0.15) is 33.6 Å². The molecule has 0 aromatic heterocycles. The number of carbonyl (C=O) groups is 1. The standard InChI is InChI=1S/C11H22N2O3S/c1-11(2,3)17(15,16)7-6-12-8-10(14)13-9-4-5-9/h9,12H,4-8H2,1-3H3,(H,13,14). The van der Waals surface area contributed by atoms with Crippen LogP contribution in [0.5, 0.6) is 0 Å². The zero-order valence-corrected chi connectivity index (χ0v) is 11.6. The van der Waals surface area contributed by atoms with Gasteiger partial charge in [-0.3, -0.25) is 4.79 Å². The maximum Gasteiger partial charge on any atom is 0.234 e. The van der Waals surface area contributed by atoms with Crippen molar-refractivity contribution in [2.24, 2.45) is 0 Å². The predicted molar refractivity (Wildman–Crippen MR) is 67.6 cm³/mol. The topological polar surface area (TPSA) is 75.3 Å². The van der Waals surface area contributed by atoms with Crippen LogP contribution in [-0.2, 0) is 14.6 Å². The van der Waals surface area contributed by atoms with Crippen LogP contribution in [0, 0.1) is 0 Å². The van der Waals surface area contributed by atoms with Crippen LogP contribution in [0.2, 0.25) is 0 Å². The number of hydrogen-bond donors (Lipinski definition) is 2. The molecule has 1 rings (SSSR count). The van der Waals surface area contributed by atoms with Gasteiger partial charge >= 0.3 is 0 Å². The van der Waals surface area contributed by atoms with Crippen molar-refractivity contribution in [1.29, 1.82) is 0 Å². The number of hydrogen-bond acceptors (Lipinski definition) is 4. The molecule has 2 N–H and O–H groups in total. The third-order valence-electron chi connectivity index (χ3n) is 2.71. The number of rotatable bonds is 6. The molecular formula is C11H22N2O3S. The van der Waals surface area contributed by atoms with Crippen molar-refractivity contribution < 1.29 is 13.2 Å². The van der Waals surface area contributed by atoms with E-state index in [9.17, 15) is 13.2 Å². The van der Waals surface area contributed by atoms with Gasteiger partial charge in [0.15, 0.2) is 9.84 Å². The molecule has 0 heterocycles. The SMILES string of the molecule is CC(C)(C)S(=O)(=O)CCNCC(=O)NC1CC1. The van der Waals surface area contributed by atoms with E-state index in [0.717, 1.165) is 12.8 Å². The molecule has 1 aliphatic carbocycles. The Bertz CT molecular complexity index is 367. The first-order valence-electron chi connectivity index (χ1n) is 5.95. The fourth-order valence-corrected chi connectivity index (χ4v) is 2.25. The van der Waals surface area contributed by atoms with Gasteiger partial charge in [0.05, 0.1) is 17.0 Å². The number of nitrogens with one attached hydrogen (secondary N) is 2. The Morgan fingerprint density at radius 3 is 2.35 bits per heavy atom. The Balaban J connectivity index is 2.17. The second-order valence-electron chi connectivity index (χ2n) is 5.45. The molecule has 0 atom stereocenters. The Labute approximate surface area is 103 Å². The van der Waals surface area contributed by atoms with Gasteiger partial charge in [-0.05, 0) is 33.6 Å². The summed E-state index contributed by atoms with van der Waals surface area (Å²) < 4.78 is 22.8. The van der Waals surface area contributed by atoms with E-state index in [2.05, 4.69) is 10.6 Å². The van der Waals surface area contributed by atoms with Gasteiger partial charge < -0.3 is 10.6 Å². The molecule has 0 bridgehead atoms. The highest BCUT2D eigenvalue weighted by Gasteiger charge is 2.28. The fourth-order valence-electron chi connectivity index (χ4n) is 1.22. The monoisotopic (exact) mass is 262 g/mol. The van der Waals surface area contributed by atoms with E-state index in [1.54, 1.807) is 20.8 Å². The summed E-state index contributed by atoms with van der Waals surface area (Å²) in [5, 5.41) is 5.69. The van der Waals surface area contributed by atoms with E-state index in [4.69, 9.17) is 0 Å². The normalized spacial score (nSPS) is 16.9. The molecule has 0 unspecified atom stereocenters. The van der Waals surface area contributed by atoms with Crippen LogP contribution in [0.25, 0.3) is 0 Å². The van der Waals surface area contributed by atoms with Gasteiger partial charge in [-0.1, -0.05) is 0 Å². The first-order valence-corrected chi connectivity index (χ1v) is 7.60. The van der Waals surface area contributed by atoms with Crippen molar-refractivity contribution in [2.45, 2.75) is 44.4 Å². The summed E-state index contributed by atoms with van der Waals surface area (Å²) in [6.45, 7) is 5.56. The zero-order valence-electron chi connectivity index (χ0n) is 10.7. The van der Waals surface area contributed by atoms with Gasteiger partial charge in [-0.15, -0.1) is 0 Å². The van der Waals surface area contributed by atoms with Crippen LogP contribution >= 0.6 is 0 Å². The summed E-state index contributed by atoms with van der Waals surface area (Å²) >= 11 is 0. The van der Waals surface area contributed by atoms with Crippen molar-refractivity contribution >= 4 is 15.7 Å². The molecule has 0 spiro atoms. The highest BCUT2D eigenvalue weighted by Crippen LogP contribution is 2.18. The average molecular weight is 262 g/mol. The smallest absolute Gasteiger partial charge is 0.234 e. The third-order valence-corrected chi connectivity index (χ3v) is 5.32. The van der Waals surface area contributed by atoms with Gasteiger partial charge in [0, 0.05) is 12.6 Å². The van der Waals surface area contributed by atoms with E-state index >= 15 is 0 Å². The molecule has 1 amide bonds. The largest absolute Gasteiger partial charge is 0.352 e. The number of sulfone groups is 1. The molecule has 0 saturated heterocycles. The molecule has 17 heavy (non-hydrogen) atoms. The number of amides is 1. The van der Waals surface area contributed by atoms with Gasteiger partial charge in [0.25, 0.3) is 0 Å². The van der Waals surface area contributed by atoms with Crippen LogP contribution in [0.3, 0.4) is 0 Å². The first kappa shape index (κ1) is 14.4. The quantitative estimate of drug-likeness (QED) is 0.664. The highest BCUT2D eigenvalue weighted by atomic mass is 32.2. The minimum absolute atomic E-state index is 0.0549. The van der Waals surface area contributed by atoms with Crippen molar-refractivity contribution in [1.82, 2.24) is 10.6 Å². The molecular weight excluding hydrogens is 240 g/mol. The molecule has 0 aliphatic heterocycles. The maximum absolute atomic E-state index is 11.7. The van der Waals surface area contributed by atoms with Crippen LogP contribution in [-0.4, -0.2) is 44.0 Å². The highest BCUT2D eigenvalue weighted by molar-refractivity contribution is 7.92. The lowest BCUT2D eigenvalue weighted by Crippen LogP contribution is -2.39. The Hall–Kier alpha value is -0.620. The molecule has 1 fully saturated rings. The van der Waals surface area contributed by atoms with E-state index in [1.165, 1.54) is 0 Å². The minimum atomic E-state index is -3.10. The maximum atomic E-state index is 11.7. The predicted octanol–water partition coefficient (Wildman–Crippen LogP) is 0.0679. The summed E-state index contributed by atoms with van der Waals surface area (Å²) in [4.78, 5) is 11.3. The van der Waals surface area contributed by atoms with Crippen molar-refractivity contribution in [3.05, 3.63) is 0 Å². The van der Waals surface area contributed by atoms with Gasteiger partial charge in [-0.2, -0.15) is 0 Å². The van der Waals surface area contributed by atoms with Gasteiger partial charge in [0.2, 0.25) is 5.91 Å². The third kappa shape index (κ3) is 5.04. The Morgan fingerprint density at radius 2 is 1.88 bits per heavy atom. The van der Waals surface area contributed by atoms with Crippen molar-refractivity contribution in [3.63, 3.8) is 0 Å². The zero-order chi connectivity index (χ0) is 13.1. The Morgan fingerprint density at radius 1 is 1.29 bits per heavy atom. The molecule has 1 aliphatic rings. The van der Waals surface area contributed by atoms with E-state index in [0.29, 0.717) is 12.6 Å². The Kier molecular flexibility index (Phi) is 4.55. The summed E-state index contributed by atoms with van der Waals surface area (Å²) in [7, 11) is -3.10. The summed E-state index contributed by atoms with van der Waals surface area (Å²) in [5.41, 5.74) is 0. The molecule has 100 valence electrons. The summed E-state index contributed by atoms with van der Waals surface area (Å²) in [6.07, 6.45) is 2.12. The lowest BCUT2D eigenvalue weighted by atomic mass is 10.3. The van der Waals surface area contributed by atoms with Crippen LogP contribution in [0.15, 0.2) is 0 Å². The number of carbonyl (C=O) groups excluding carboxylic acids is 1. The second kappa shape index (κ2) is 5.35. The molecule has 6 heteroatoms. The second-order valence-corrected chi connectivity index (χ2v) is 8.31. The van der Waals surface area contributed by atoms with E-state index in [-0.39, 0.29) is 18.2 Å². The molecule has 0 aromatic rings. The van der Waals surface area contributed by atoms with Crippen molar-refractivity contribution in [3.8, 4) is 0 Å².